The maximum absolute atomic E-state index is 12.7. The fourth-order valence-corrected chi connectivity index (χ4v) is 4.54. The van der Waals surface area contributed by atoms with Gasteiger partial charge in [0.25, 0.3) is 5.91 Å². The summed E-state index contributed by atoms with van der Waals surface area (Å²) in [4.78, 5) is 38.7. The highest BCUT2D eigenvalue weighted by atomic mass is 32.1. The summed E-state index contributed by atoms with van der Waals surface area (Å²) in [6.07, 6.45) is 1.41. The number of hydrogen-bond acceptors (Lipinski definition) is 6. The van der Waals surface area contributed by atoms with Gasteiger partial charge in [-0.2, -0.15) is 0 Å². The van der Waals surface area contributed by atoms with Crippen LogP contribution in [0.3, 0.4) is 0 Å². The van der Waals surface area contributed by atoms with E-state index in [2.05, 4.69) is 5.32 Å². The second-order valence-corrected chi connectivity index (χ2v) is 8.56. The van der Waals surface area contributed by atoms with E-state index < -0.39 is 29.9 Å². The SMILES string of the molecule is CCOC(=O)c1sc(-c2ccccc2)cc1NC(=O)COC(=O)C1(c2ccccc2)CC1. The summed E-state index contributed by atoms with van der Waals surface area (Å²) >= 11 is 1.24. The molecule has 6 nitrogen and oxygen atoms in total. The van der Waals surface area contributed by atoms with Gasteiger partial charge in [0.2, 0.25) is 0 Å². The number of nitrogens with one attached hydrogen (secondary N) is 1. The molecule has 1 aliphatic carbocycles. The first kappa shape index (κ1) is 21.8. The first-order valence-corrected chi connectivity index (χ1v) is 11.2. The predicted molar refractivity (Wildman–Crippen MR) is 123 cm³/mol. The number of rotatable bonds is 8. The summed E-state index contributed by atoms with van der Waals surface area (Å²) in [5.74, 6) is -1.42. The standard InChI is InChI=1S/C25H23NO5S/c1-2-30-23(28)22-19(15-20(32-22)17-9-5-3-6-10-17)26-21(27)16-31-24(29)25(13-14-25)18-11-7-4-8-12-18/h3-12,15H,2,13-14,16H2,1H3,(H,26,27). The molecule has 32 heavy (non-hydrogen) atoms. The molecule has 1 fully saturated rings. The van der Waals surface area contributed by atoms with Gasteiger partial charge in [-0.1, -0.05) is 60.7 Å². The largest absolute Gasteiger partial charge is 0.462 e. The average molecular weight is 450 g/mol. The minimum Gasteiger partial charge on any atom is -0.462 e. The first-order chi connectivity index (χ1) is 15.5. The third-order valence-corrected chi connectivity index (χ3v) is 6.49. The molecule has 1 aromatic heterocycles. The Balaban J connectivity index is 1.45. The van der Waals surface area contributed by atoms with Crippen molar-refractivity contribution in [3.63, 3.8) is 0 Å². The smallest absolute Gasteiger partial charge is 0.350 e. The highest BCUT2D eigenvalue weighted by Crippen LogP contribution is 2.49. The number of amides is 1. The van der Waals surface area contributed by atoms with Crippen molar-refractivity contribution < 1.29 is 23.9 Å². The Kier molecular flexibility index (Phi) is 6.37. The lowest BCUT2D eigenvalue weighted by atomic mass is 9.96. The molecule has 1 aliphatic rings. The van der Waals surface area contributed by atoms with E-state index in [4.69, 9.17) is 9.47 Å². The Labute approximate surface area is 190 Å². The Morgan fingerprint density at radius 2 is 1.62 bits per heavy atom. The van der Waals surface area contributed by atoms with Gasteiger partial charge < -0.3 is 14.8 Å². The fourth-order valence-electron chi connectivity index (χ4n) is 3.53. The number of esters is 2. The maximum Gasteiger partial charge on any atom is 0.350 e. The highest BCUT2D eigenvalue weighted by molar-refractivity contribution is 7.18. The minimum absolute atomic E-state index is 0.226. The van der Waals surface area contributed by atoms with E-state index in [0.717, 1.165) is 16.0 Å². The number of anilines is 1. The molecule has 164 valence electrons. The summed E-state index contributed by atoms with van der Waals surface area (Å²) in [6.45, 7) is 1.53. The summed E-state index contributed by atoms with van der Waals surface area (Å²) in [6, 6.07) is 20.7. The lowest BCUT2D eigenvalue weighted by molar-refractivity contribution is -0.150. The molecule has 0 spiro atoms. The minimum atomic E-state index is -0.652. The lowest BCUT2D eigenvalue weighted by Crippen LogP contribution is -2.28. The van der Waals surface area contributed by atoms with Gasteiger partial charge in [0.1, 0.15) is 4.88 Å². The number of hydrogen-bond donors (Lipinski definition) is 1. The Morgan fingerprint density at radius 3 is 2.25 bits per heavy atom. The summed E-state index contributed by atoms with van der Waals surface area (Å²) < 4.78 is 10.5. The third kappa shape index (κ3) is 4.57. The molecule has 3 aromatic rings. The Bertz CT molecular complexity index is 1120. The molecule has 1 amide bonds. The molecular weight excluding hydrogens is 426 g/mol. The molecule has 0 aliphatic heterocycles. The highest BCUT2D eigenvalue weighted by Gasteiger charge is 2.52. The van der Waals surface area contributed by atoms with Crippen LogP contribution in [0.2, 0.25) is 0 Å². The van der Waals surface area contributed by atoms with Crippen LogP contribution in [0.1, 0.15) is 35.0 Å². The van der Waals surface area contributed by atoms with Gasteiger partial charge in [-0.3, -0.25) is 9.59 Å². The molecule has 7 heteroatoms. The van der Waals surface area contributed by atoms with Crippen molar-refractivity contribution in [1.29, 1.82) is 0 Å². The molecule has 0 saturated heterocycles. The van der Waals surface area contributed by atoms with E-state index in [1.165, 1.54) is 11.3 Å². The number of carbonyl (C=O) groups excluding carboxylic acids is 3. The van der Waals surface area contributed by atoms with Crippen LogP contribution >= 0.6 is 11.3 Å². The van der Waals surface area contributed by atoms with Crippen molar-refractivity contribution in [2.24, 2.45) is 0 Å². The zero-order valence-electron chi connectivity index (χ0n) is 17.6. The van der Waals surface area contributed by atoms with Gasteiger partial charge in [0, 0.05) is 4.88 Å². The molecule has 4 rings (SSSR count). The normalized spacial score (nSPS) is 13.8. The summed E-state index contributed by atoms with van der Waals surface area (Å²) in [7, 11) is 0. The van der Waals surface area contributed by atoms with E-state index in [-0.39, 0.29) is 6.61 Å². The van der Waals surface area contributed by atoms with Crippen LogP contribution in [0.5, 0.6) is 0 Å². The zero-order chi connectivity index (χ0) is 22.6. The lowest BCUT2D eigenvalue weighted by Gasteiger charge is -2.14. The second-order valence-electron chi connectivity index (χ2n) is 7.51. The molecule has 0 unspecified atom stereocenters. The van der Waals surface area contributed by atoms with Crippen molar-refractivity contribution in [1.82, 2.24) is 0 Å². The second kappa shape index (κ2) is 9.36. The van der Waals surface area contributed by atoms with Crippen LogP contribution in [0, 0.1) is 0 Å². The van der Waals surface area contributed by atoms with Crippen molar-refractivity contribution in [3.05, 3.63) is 77.2 Å². The molecule has 0 bridgehead atoms. The van der Waals surface area contributed by atoms with E-state index in [1.54, 1.807) is 13.0 Å². The van der Waals surface area contributed by atoms with Crippen molar-refractivity contribution >= 4 is 34.9 Å². The number of thiophene rings is 1. The fraction of sp³-hybridized carbons (Fsp3) is 0.240. The van der Waals surface area contributed by atoms with Gasteiger partial charge in [0.05, 0.1) is 17.7 Å². The van der Waals surface area contributed by atoms with E-state index in [1.807, 2.05) is 60.7 Å². The number of carbonyl (C=O) groups is 3. The monoisotopic (exact) mass is 449 g/mol. The van der Waals surface area contributed by atoms with Gasteiger partial charge in [0.15, 0.2) is 6.61 Å². The first-order valence-electron chi connectivity index (χ1n) is 10.4. The molecule has 1 saturated carbocycles. The third-order valence-electron chi connectivity index (χ3n) is 5.33. The molecular formula is C25H23NO5S. The van der Waals surface area contributed by atoms with Crippen molar-refractivity contribution in [2.75, 3.05) is 18.5 Å². The molecule has 2 aromatic carbocycles. The number of benzene rings is 2. The van der Waals surface area contributed by atoms with Gasteiger partial charge >= 0.3 is 11.9 Å². The van der Waals surface area contributed by atoms with Crippen molar-refractivity contribution in [3.8, 4) is 10.4 Å². The molecule has 0 radical (unpaired) electrons. The molecule has 1 heterocycles. The average Bonchev–Trinajstić information content (AvgIpc) is 3.53. The van der Waals surface area contributed by atoms with Crippen LogP contribution in [0.15, 0.2) is 66.7 Å². The van der Waals surface area contributed by atoms with E-state index in [9.17, 15) is 14.4 Å². The Hall–Kier alpha value is -3.45. The van der Waals surface area contributed by atoms with Gasteiger partial charge in [-0.05, 0) is 37.0 Å². The van der Waals surface area contributed by atoms with Crippen LogP contribution in [-0.4, -0.2) is 31.1 Å². The van der Waals surface area contributed by atoms with E-state index >= 15 is 0 Å². The van der Waals surface area contributed by atoms with Crippen LogP contribution in [0.25, 0.3) is 10.4 Å². The summed E-state index contributed by atoms with van der Waals surface area (Å²) in [5, 5.41) is 2.70. The van der Waals surface area contributed by atoms with Crippen LogP contribution in [0.4, 0.5) is 5.69 Å². The van der Waals surface area contributed by atoms with Gasteiger partial charge in [-0.15, -0.1) is 11.3 Å². The van der Waals surface area contributed by atoms with Crippen molar-refractivity contribution in [2.45, 2.75) is 25.2 Å². The maximum atomic E-state index is 12.7. The van der Waals surface area contributed by atoms with E-state index in [0.29, 0.717) is 23.4 Å². The Morgan fingerprint density at radius 1 is 0.969 bits per heavy atom. The zero-order valence-corrected chi connectivity index (χ0v) is 18.4. The number of ether oxygens (including phenoxy) is 2. The molecule has 0 atom stereocenters. The topological polar surface area (TPSA) is 81.7 Å². The summed E-state index contributed by atoms with van der Waals surface area (Å²) in [5.41, 5.74) is 1.52. The van der Waals surface area contributed by atoms with Gasteiger partial charge in [-0.25, -0.2) is 4.79 Å². The van der Waals surface area contributed by atoms with Crippen LogP contribution < -0.4 is 5.32 Å². The predicted octanol–water partition coefficient (Wildman–Crippen LogP) is 4.81. The van der Waals surface area contributed by atoms with Crippen LogP contribution in [-0.2, 0) is 24.5 Å². The molecule has 1 N–H and O–H groups in total. The quantitative estimate of drug-likeness (QED) is 0.500.